The van der Waals surface area contributed by atoms with Crippen molar-refractivity contribution in [2.24, 2.45) is 0 Å². The topological polar surface area (TPSA) is 86.1 Å². The molecule has 4 rings (SSSR count). The Morgan fingerprint density at radius 2 is 1.97 bits per heavy atom. The largest absolute Gasteiger partial charge is 0.454 e. The van der Waals surface area contributed by atoms with Crippen LogP contribution in [0.2, 0.25) is 0 Å². The van der Waals surface area contributed by atoms with Crippen LogP contribution in [0.15, 0.2) is 36.7 Å². The minimum absolute atomic E-state index is 0.0284. The SMILES string of the molecule is O=C(COC(=O)Cn1cnc2ccccc21)Nc1nc2c(F)c(F)c(F)cc2s1. The zero-order valence-electron chi connectivity index (χ0n) is 14.5. The fourth-order valence-electron chi connectivity index (χ4n) is 2.65. The number of aromatic nitrogens is 3. The van der Waals surface area contributed by atoms with E-state index in [0.717, 1.165) is 22.9 Å². The molecule has 0 saturated carbocycles. The van der Waals surface area contributed by atoms with E-state index < -0.39 is 41.5 Å². The van der Waals surface area contributed by atoms with E-state index in [1.165, 1.54) is 6.33 Å². The van der Waals surface area contributed by atoms with Crippen molar-refractivity contribution in [3.63, 3.8) is 0 Å². The number of thiazole rings is 1. The number of benzene rings is 2. The monoisotopic (exact) mass is 420 g/mol. The summed E-state index contributed by atoms with van der Waals surface area (Å²) in [6, 6.07) is 8.00. The molecule has 0 aliphatic rings. The second-order valence-electron chi connectivity index (χ2n) is 5.92. The molecule has 1 N–H and O–H groups in total. The number of hydrogen-bond donors (Lipinski definition) is 1. The molecule has 0 radical (unpaired) electrons. The highest BCUT2D eigenvalue weighted by Crippen LogP contribution is 2.30. The fourth-order valence-corrected chi connectivity index (χ4v) is 3.55. The van der Waals surface area contributed by atoms with Crippen molar-refractivity contribution in [2.75, 3.05) is 11.9 Å². The maximum absolute atomic E-state index is 13.7. The summed E-state index contributed by atoms with van der Waals surface area (Å²) in [7, 11) is 0. The summed E-state index contributed by atoms with van der Waals surface area (Å²) < 4.78 is 46.7. The van der Waals surface area contributed by atoms with Gasteiger partial charge in [-0.3, -0.25) is 14.9 Å². The first-order valence-corrected chi connectivity index (χ1v) is 9.03. The highest BCUT2D eigenvalue weighted by Gasteiger charge is 2.18. The molecule has 1 amide bonds. The number of carbonyl (C=O) groups is 2. The van der Waals surface area contributed by atoms with Crippen LogP contribution in [0.1, 0.15) is 0 Å². The zero-order valence-corrected chi connectivity index (χ0v) is 15.3. The quantitative estimate of drug-likeness (QED) is 0.396. The molecule has 0 atom stereocenters. The Kier molecular flexibility index (Phi) is 4.89. The van der Waals surface area contributed by atoms with Crippen LogP contribution in [0.4, 0.5) is 18.3 Å². The van der Waals surface area contributed by atoms with Crippen LogP contribution in [0, 0.1) is 17.5 Å². The Bertz CT molecular complexity index is 1250. The Morgan fingerprint density at radius 3 is 2.79 bits per heavy atom. The number of fused-ring (bicyclic) bond motifs is 2. The van der Waals surface area contributed by atoms with E-state index in [1.54, 1.807) is 22.8 Å². The van der Waals surface area contributed by atoms with E-state index in [9.17, 15) is 22.8 Å². The molecule has 11 heteroatoms. The van der Waals surface area contributed by atoms with Crippen LogP contribution in [0.5, 0.6) is 0 Å². The lowest BCUT2D eigenvalue weighted by molar-refractivity contribution is -0.147. The summed E-state index contributed by atoms with van der Waals surface area (Å²) in [5.74, 6) is -5.81. The van der Waals surface area contributed by atoms with Crippen LogP contribution in [0.3, 0.4) is 0 Å². The summed E-state index contributed by atoms with van der Waals surface area (Å²) in [4.78, 5) is 31.8. The molecule has 0 aliphatic carbocycles. The van der Waals surface area contributed by atoms with Gasteiger partial charge in [0, 0.05) is 0 Å². The smallest absolute Gasteiger partial charge is 0.326 e. The second-order valence-corrected chi connectivity index (χ2v) is 6.95. The highest BCUT2D eigenvalue weighted by molar-refractivity contribution is 7.22. The summed E-state index contributed by atoms with van der Waals surface area (Å²) >= 11 is 0.760. The Hall–Kier alpha value is -3.47. The average Bonchev–Trinajstić information content (AvgIpc) is 3.29. The number of halogens is 3. The van der Waals surface area contributed by atoms with Gasteiger partial charge in [0.05, 0.1) is 22.1 Å². The molecule has 148 valence electrons. The minimum atomic E-state index is -1.64. The number of imidazole rings is 1. The summed E-state index contributed by atoms with van der Waals surface area (Å²) in [6.07, 6.45) is 1.49. The fraction of sp³-hybridized carbons (Fsp3) is 0.111. The molecule has 7 nitrogen and oxygen atoms in total. The van der Waals surface area contributed by atoms with Crippen LogP contribution < -0.4 is 5.32 Å². The van der Waals surface area contributed by atoms with Crippen LogP contribution >= 0.6 is 11.3 Å². The van der Waals surface area contributed by atoms with Gasteiger partial charge in [0.2, 0.25) is 0 Å². The number of nitrogens with zero attached hydrogens (tertiary/aromatic N) is 3. The molecule has 2 aromatic heterocycles. The van der Waals surface area contributed by atoms with Gasteiger partial charge >= 0.3 is 5.97 Å². The lowest BCUT2D eigenvalue weighted by Gasteiger charge is -2.06. The highest BCUT2D eigenvalue weighted by atomic mass is 32.1. The van der Waals surface area contributed by atoms with Crippen LogP contribution in [0.25, 0.3) is 21.3 Å². The van der Waals surface area contributed by atoms with Crippen molar-refractivity contribution in [1.82, 2.24) is 14.5 Å². The normalized spacial score (nSPS) is 11.1. The molecule has 2 heterocycles. The number of esters is 1. The number of para-hydroxylation sites is 2. The minimum Gasteiger partial charge on any atom is -0.454 e. The van der Waals surface area contributed by atoms with Gasteiger partial charge in [0.1, 0.15) is 12.1 Å². The first-order chi connectivity index (χ1) is 13.9. The molecule has 2 aromatic carbocycles. The van der Waals surface area contributed by atoms with E-state index >= 15 is 0 Å². The molecule has 0 fully saturated rings. The summed E-state index contributed by atoms with van der Waals surface area (Å²) in [5, 5.41) is 2.22. The third-order valence-corrected chi connectivity index (χ3v) is 4.88. The standard InChI is InChI=1S/C18H11F3N4O3S/c19-9-5-12-17(16(21)15(9)20)24-18(29-12)23-13(26)7-28-14(27)6-25-8-22-10-3-1-2-4-11(10)25/h1-5,8H,6-7H2,(H,23,24,26). The van der Waals surface area contributed by atoms with Gasteiger partial charge in [0.25, 0.3) is 5.91 Å². The zero-order chi connectivity index (χ0) is 20.5. The maximum atomic E-state index is 13.7. The third-order valence-electron chi connectivity index (χ3n) is 3.96. The van der Waals surface area contributed by atoms with Crippen molar-refractivity contribution >= 4 is 49.6 Å². The molecule has 0 unspecified atom stereocenters. The summed E-state index contributed by atoms with van der Waals surface area (Å²) in [6.45, 7) is -0.745. The van der Waals surface area contributed by atoms with Crippen molar-refractivity contribution in [3.8, 4) is 0 Å². The number of amides is 1. The third kappa shape index (κ3) is 3.76. The number of ether oxygens (including phenoxy) is 1. The summed E-state index contributed by atoms with van der Waals surface area (Å²) in [5.41, 5.74) is 1.06. The van der Waals surface area contributed by atoms with Crippen molar-refractivity contribution < 1.29 is 27.5 Å². The van der Waals surface area contributed by atoms with E-state index in [0.29, 0.717) is 5.52 Å². The van der Waals surface area contributed by atoms with Gasteiger partial charge in [-0.1, -0.05) is 23.5 Å². The maximum Gasteiger partial charge on any atom is 0.326 e. The number of carbonyl (C=O) groups excluding carboxylic acids is 2. The van der Waals surface area contributed by atoms with Crippen molar-refractivity contribution in [1.29, 1.82) is 0 Å². The molecule has 0 spiro atoms. The van der Waals surface area contributed by atoms with E-state index in [1.807, 2.05) is 6.07 Å². The molecule has 0 aliphatic heterocycles. The van der Waals surface area contributed by atoms with Crippen molar-refractivity contribution in [3.05, 3.63) is 54.1 Å². The Morgan fingerprint density at radius 1 is 1.17 bits per heavy atom. The predicted molar refractivity (Wildman–Crippen MR) is 98.8 cm³/mol. The number of anilines is 1. The van der Waals surface area contributed by atoms with E-state index in [-0.39, 0.29) is 16.4 Å². The first-order valence-electron chi connectivity index (χ1n) is 8.22. The molecule has 29 heavy (non-hydrogen) atoms. The van der Waals surface area contributed by atoms with Gasteiger partial charge in [-0.25, -0.2) is 23.1 Å². The lowest BCUT2D eigenvalue weighted by atomic mass is 10.3. The van der Waals surface area contributed by atoms with E-state index in [2.05, 4.69) is 15.3 Å². The molecule has 0 bridgehead atoms. The first kappa shape index (κ1) is 18.9. The van der Waals surface area contributed by atoms with Gasteiger partial charge in [-0.15, -0.1) is 0 Å². The average molecular weight is 420 g/mol. The van der Waals surface area contributed by atoms with Gasteiger partial charge in [0.15, 0.2) is 29.2 Å². The lowest BCUT2D eigenvalue weighted by Crippen LogP contribution is -2.22. The Labute approximate surface area is 164 Å². The van der Waals surface area contributed by atoms with Crippen molar-refractivity contribution in [2.45, 2.75) is 6.54 Å². The number of nitrogens with one attached hydrogen (secondary N) is 1. The molecular formula is C18H11F3N4O3S. The second kappa shape index (κ2) is 7.51. The van der Waals surface area contributed by atoms with Crippen LogP contribution in [-0.2, 0) is 20.9 Å². The number of hydrogen-bond acceptors (Lipinski definition) is 6. The van der Waals surface area contributed by atoms with Gasteiger partial charge in [-0.05, 0) is 18.2 Å². The molecular weight excluding hydrogens is 409 g/mol. The predicted octanol–water partition coefficient (Wildman–Crippen LogP) is 3.25. The van der Waals surface area contributed by atoms with Crippen LogP contribution in [-0.4, -0.2) is 33.0 Å². The molecule has 0 saturated heterocycles. The van der Waals surface area contributed by atoms with E-state index in [4.69, 9.17) is 4.74 Å². The van der Waals surface area contributed by atoms with Gasteiger partial charge in [-0.2, -0.15) is 0 Å². The Balaban J connectivity index is 1.37. The number of rotatable bonds is 5. The molecule has 4 aromatic rings. The van der Waals surface area contributed by atoms with Gasteiger partial charge < -0.3 is 9.30 Å².